The summed E-state index contributed by atoms with van der Waals surface area (Å²) in [5, 5.41) is 0.965. The van der Waals surface area contributed by atoms with Gasteiger partial charge in [-0.1, -0.05) is 46.0 Å². The fourth-order valence-corrected chi connectivity index (χ4v) is 7.18. The van der Waals surface area contributed by atoms with E-state index in [2.05, 4.69) is 13.8 Å². The van der Waals surface area contributed by atoms with E-state index in [9.17, 15) is 19.2 Å². The van der Waals surface area contributed by atoms with E-state index in [1.54, 1.807) is 24.3 Å². The van der Waals surface area contributed by atoms with Crippen LogP contribution in [-0.2, 0) is 0 Å². The van der Waals surface area contributed by atoms with E-state index in [1.165, 1.54) is 22.6 Å². The maximum atomic E-state index is 13.7. The molecule has 0 spiro atoms. The van der Waals surface area contributed by atoms with Gasteiger partial charge in [-0.05, 0) is 74.6 Å². The van der Waals surface area contributed by atoms with Gasteiger partial charge in [0.25, 0.3) is 23.6 Å². The number of benzene rings is 2. The van der Waals surface area contributed by atoms with Crippen molar-refractivity contribution in [3.8, 4) is 0 Å². The first-order valence-electron chi connectivity index (χ1n) is 14.2. The van der Waals surface area contributed by atoms with Crippen molar-refractivity contribution in [3.63, 3.8) is 0 Å². The highest BCUT2D eigenvalue weighted by molar-refractivity contribution is 6.33. The summed E-state index contributed by atoms with van der Waals surface area (Å²) in [5.41, 5.74) is 1.73. The molecule has 2 aromatic carbocycles. The minimum Gasteiger partial charge on any atom is -0.271 e. The molecule has 0 atom stereocenters. The number of carbonyl (C=O) groups excluding carboxylic acids is 4. The van der Waals surface area contributed by atoms with Gasteiger partial charge in [0.1, 0.15) is 0 Å². The van der Waals surface area contributed by atoms with Gasteiger partial charge in [-0.15, -0.1) is 0 Å². The number of carbonyl (C=O) groups is 4. The van der Waals surface area contributed by atoms with Gasteiger partial charge >= 0.3 is 0 Å². The Morgan fingerprint density at radius 2 is 1.03 bits per heavy atom. The fraction of sp³-hybridized carbons (Fsp3) is 0.548. The van der Waals surface area contributed by atoms with Gasteiger partial charge in [0, 0.05) is 45.1 Å². The zero-order valence-electron chi connectivity index (χ0n) is 21.9. The van der Waals surface area contributed by atoms with Gasteiger partial charge < -0.3 is 0 Å². The number of hydrogen-bond donors (Lipinski definition) is 0. The second kappa shape index (κ2) is 9.38. The molecule has 2 aliphatic heterocycles. The van der Waals surface area contributed by atoms with Crippen molar-refractivity contribution >= 4 is 34.4 Å². The van der Waals surface area contributed by atoms with Crippen LogP contribution in [0, 0.1) is 11.8 Å². The average Bonchev–Trinajstić information content (AvgIpc) is 2.90. The SMILES string of the molecule is CC(C)CCC1CCC(N2C(=O)c3ccc4c5c(ccc(c35)C2=O)C(=O)N(C2CCCCC2)C4=O)CC1. The van der Waals surface area contributed by atoms with Crippen LogP contribution in [0.2, 0.25) is 0 Å². The summed E-state index contributed by atoms with van der Waals surface area (Å²) in [4.78, 5) is 57.5. The molecule has 37 heavy (non-hydrogen) atoms. The molecule has 2 aromatic rings. The first-order chi connectivity index (χ1) is 17.9. The van der Waals surface area contributed by atoms with Crippen molar-refractivity contribution in [1.82, 2.24) is 9.80 Å². The molecule has 0 aromatic heterocycles. The molecule has 0 N–H and O–H groups in total. The monoisotopic (exact) mass is 500 g/mol. The Morgan fingerprint density at radius 1 is 0.622 bits per heavy atom. The molecular weight excluding hydrogens is 464 g/mol. The third kappa shape index (κ3) is 3.91. The second-order valence-corrected chi connectivity index (χ2v) is 12.0. The molecule has 0 unspecified atom stereocenters. The highest BCUT2D eigenvalue weighted by atomic mass is 16.2. The Balaban J connectivity index is 1.33. The number of hydrogen-bond acceptors (Lipinski definition) is 4. The summed E-state index contributed by atoms with van der Waals surface area (Å²) >= 11 is 0. The van der Waals surface area contributed by atoms with Gasteiger partial charge in [0.05, 0.1) is 0 Å². The maximum Gasteiger partial charge on any atom is 0.261 e. The van der Waals surface area contributed by atoms with Gasteiger partial charge in [0.15, 0.2) is 0 Å². The Morgan fingerprint density at radius 3 is 1.43 bits per heavy atom. The minimum absolute atomic E-state index is 0.0846. The molecule has 2 saturated carbocycles. The molecule has 2 fully saturated rings. The quantitative estimate of drug-likeness (QED) is 0.448. The summed E-state index contributed by atoms with van der Waals surface area (Å²) in [6, 6.07) is 6.62. The summed E-state index contributed by atoms with van der Waals surface area (Å²) < 4.78 is 0. The third-order valence-electron chi connectivity index (χ3n) is 9.23. The molecule has 2 heterocycles. The summed E-state index contributed by atoms with van der Waals surface area (Å²) in [7, 11) is 0. The van der Waals surface area contributed by atoms with Crippen LogP contribution in [0.5, 0.6) is 0 Å². The van der Waals surface area contributed by atoms with Crippen molar-refractivity contribution in [3.05, 3.63) is 46.5 Å². The van der Waals surface area contributed by atoms with Crippen LogP contribution in [0.4, 0.5) is 0 Å². The van der Waals surface area contributed by atoms with Crippen molar-refractivity contribution in [2.45, 2.75) is 96.6 Å². The topological polar surface area (TPSA) is 74.8 Å². The Hall–Kier alpha value is -3.02. The van der Waals surface area contributed by atoms with Crippen molar-refractivity contribution in [2.75, 3.05) is 0 Å². The predicted molar refractivity (Wildman–Crippen MR) is 142 cm³/mol. The van der Waals surface area contributed by atoms with Gasteiger partial charge in [0.2, 0.25) is 0 Å². The van der Waals surface area contributed by atoms with Crippen LogP contribution < -0.4 is 0 Å². The van der Waals surface area contributed by atoms with E-state index in [1.807, 2.05) is 0 Å². The number of nitrogens with zero attached hydrogens (tertiary/aromatic N) is 2. The Kier molecular flexibility index (Phi) is 6.16. The van der Waals surface area contributed by atoms with Crippen LogP contribution in [0.3, 0.4) is 0 Å². The Bertz CT molecular complexity index is 1230. The molecule has 6 heteroatoms. The molecule has 6 nitrogen and oxygen atoms in total. The zero-order valence-corrected chi connectivity index (χ0v) is 21.9. The molecule has 0 bridgehead atoms. The van der Waals surface area contributed by atoms with Crippen molar-refractivity contribution in [2.24, 2.45) is 11.8 Å². The largest absolute Gasteiger partial charge is 0.271 e. The number of imide groups is 2. The van der Waals surface area contributed by atoms with E-state index in [0.717, 1.165) is 57.8 Å². The molecule has 0 radical (unpaired) electrons. The van der Waals surface area contributed by atoms with Crippen LogP contribution in [0.15, 0.2) is 24.3 Å². The van der Waals surface area contributed by atoms with Gasteiger partial charge in [-0.2, -0.15) is 0 Å². The van der Waals surface area contributed by atoms with Crippen molar-refractivity contribution < 1.29 is 19.2 Å². The zero-order chi connectivity index (χ0) is 25.8. The fourth-order valence-electron chi connectivity index (χ4n) is 7.18. The second-order valence-electron chi connectivity index (χ2n) is 12.0. The number of rotatable bonds is 5. The van der Waals surface area contributed by atoms with Crippen LogP contribution >= 0.6 is 0 Å². The third-order valence-corrected chi connectivity index (χ3v) is 9.23. The lowest BCUT2D eigenvalue weighted by Crippen LogP contribution is -2.50. The predicted octanol–water partition coefficient (Wildman–Crippen LogP) is 6.36. The first-order valence-corrected chi connectivity index (χ1v) is 14.2. The molecule has 6 rings (SSSR count). The highest BCUT2D eigenvalue weighted by Gasteiger charge is 2.43. The molecule has 194 valence electrons. The van der Waals surface area contributed by atoms with Gasteiger partial charge in [-0.25, -0.2) is 0 Å². The molecule has 4 amide bonds. The maximum absolute atomic E-state index is 13.7. The summed E-state index contributed by atoms with van der Waals surface area (Å²) in [5.74, 6) is 0.180. The van der Waals surface area contributed by atoms with E-state index in [4.69, 9.17) is 0 Å². The lowest BCUT2D eigenvalue weighted by Gasteiger charge is -2.39. The minimum atomic E-state index is -0.296. The van der Waals surface area contributed by atoms with E-state index < -0.39 is 0 Å². The van der Waals surface area contributed by atoms with Crippen LogP contribution in [0.1, 0.15) is 126 Å². The first kappa shape index (κ1) is 24.3. The number of amides is 4. The Labute approximate surface area is 218 Å². The van der Waals surface area contributed by atoms with Crippen LogP contribution in [0.25, 0.3) is 10.8 Å². The smallest absolute Gasteiger partial charge is 0.261 e. The lowest BCUT2D eigenvalue weighted by molar-refractivity contribution is 0.0468. The van der Waals surface area contributed by atoms with Gasteiger partial charge in [-0.3, -0.25) is 29.0 Å². The highest BCUT2D eigenvalue weighted by Crippen LogP contribution is 2.41. The standard InChI is InChI=1S/C31H36N2O4/c1-18(2)8-9-19-10-12-21(13-11-19)33-30(36)24-16-14-22-26-23(15-17-25(27(24)26)31(33)37)29(35)32(28(22)34)20-6-4-3-5-7-20/h14-21H,3-13H2,1-2H3. The van der Waals surface area contributed by atoms with E-state index >= 15 is 0 Å². The van der Waals surface area contributed by atoms with E-state index in [-0.39, 0.29) is 35.7 Å². The molecule has 0 saturated heterocycles. The van der Waals surface area contributed by atoms with Crippen molar-refractivity contribution in [1.29, 1.82) is 0 Å². The van der Waals surface area contributed by atoms with E-state index in [0.29, 0.717) is 44.9 Å². The normalized spacial score (nSPS) is 24.5. The molecular formula is C31H36N2O4. The average molecular weight is 501 g/mol. The molecule has 2 aliphatic carbocycles. The summed E-state index contributed by atoms with van der Waals surface area (Å²) in [6.07, 6.45) is 11.0. The summed E-state index contributed by atoms with van der Waals surface area (Å²) in [6.45, 7) is 4.50. The lowest BCUT2D eigenvalue weighted by atomic mass is 9.80. The van der Waals surface area contributed by atoms with Crippen LogP contribution in [-0.4, -0.2) is 45.5 Å². The molecule has 4 aliphatic rings.